The Morgan fingerprint density at radius 3 is 2.80 bits per heavy atom. The van der Waals surface area contributed by atoms with E-state index in [1.54, 1.807) is 6.33 Å². The third-order valence-electron chi connectivity index (χ3n) is 5.37. The van der Waals surface area contributed by atoms with Gasteiger partial charge in [0.2, 0.25) is 0 Å². The van der Waals surface area contributed by atoms with Crippen molar-refractivity contribution in [3.63, 3.8) is 0 Å². The van der Waals surface area contributed by atoms with Gasteiger partial charge in [-0.1, -0.05) is 12.8 Å². The van der Waals surface area contributed by atoms with Gasteiger partial charge in [-0.3, -0.25) is 0 Å². The standard InChI is InChI=1S/C16H24N4/c1-2-5-12(4-1)14-8-16(19-11-18-14)20-9-13-6-3-7-17-15(13)10-20/h8,11-13,15,17H,1-7,9-10H2/t13-,15+/m1/s1. The van der Waals surface area contributed by atoms with Crippen molar-refractivity contribution < 1.29 is 0 Å². The number of piperidine rings is 1. The van der Waals surface area contributed by atoms with Gasteiger partial charge in [0.05, 0.1) is 0 Å². The summed E-state index contributed by atoms with van der Waals surface area (Å²) in [6.45, 7) is 3.47. The first kappa shape index (κ1) is 12.6. The van der Waals surface area contributed by atoms with Crippen LogP contribution < -0.4 is 10.2 Å². The van der Waals surface area contributed by atoms with Crippen LogP contribution >= 0.6 is 0 Å². The first-order valence-electron chi connectivity index (χ1n) is 8.20. The smallest absolute Gasteiger partial charge is 0.132 e. The second-order valence-corrected chi connectivity index (χ2v) is 6.65. The maximum atomic E-state index is 4.54. The monoisotopic (exact) mass is 272 g/mol. The van der Waals surface area contributed by atoms with E-state index in [2.05, 4.69) is 26.3 Å². The van der Waals surface area contributed by atoms with Gasteiger partial charge in [0.1, 0.15) is 12.1 Å². The van der Waals surface area contributed by atoms with Crippen molar-refractivity contribution in [2.45, 2.75) is 50.5 Å². The van der Waals surface area contributed by atoms with Crippen molar-refractivity contribution in [1.82, 2.24) is 15.3 Å². The number of anilines is 1. The molecule has 0 spiro atoms. The van der Waals surface area contributed by atoms with Gasteiger partial charge >= 0.3 is 0 Å². The predicted molar refractivity (Wildman–Crippen MR) is 80.0 cm³/mol. The zero-order chi connectivity index (χ0) is 13.4. The van der Waals surface area contributed by atoms with Gasteiger partial charge in [-0.05, 0) is 38.1 Å². The third kappa shape index (κ3) is 2.30. The normalized spacial score (nSPS) is 30.7. The van der Waals surface area contributed by atoms with Gasteiger partial charge in [0, 0.05) is 36.8 Å². The summed E-state index contributed by atoms with van der Waals surface area (Å²) in [6.07, 6.45) is 9.81. The van der Waals surface area contributed by atoms with E-state index in [1.807, 2.05) is 0 Å². The zero-order valence-electron chi connectivity index (χ0n) is 12.1. The molecule has 1 aromatic rings. The first-order valence-corrected chi connectivity index (χ1v) is 8.20. The Bertz CT molecular complexity index is 455. The highest BCUT2D eigenvalue weighted by atomic mass is 15.2. The van der Waals surface area contributed by atoms with E-state index in [0.717, 1.165) is 18.3 Å². The number of aromatic nitrogens is 2. The van der Waals surface area contributed by atoms with E-state index in [0.29, 0.717) is 12.0 Å². The van der Waals surface area contributed by atoms with Crippen LogP contribution in [-0.2, 0) is 0 Å². The maximum Gasteiger partial charge on any atom is 0.132 e. The van der Waals surface area contributed by atoms with E-state index < -0.39 is 0 Å². The van der Waals surface area contributed by atoms with E-state index in [-0.39, 0.29) is 0 Å². The number of hydrogen-bond donors (Lipinski definition) is 1. The summed E-state index contributed by atoms with van der Waals surface area (Å²) in [7, 11) is 0. The highest BCUT2D eigenvalue weighted by molar-refractivity contribution is 5.42. The summed E-state index contributed by atoms with van der Waals surface area (Å²) < 4.78 is 0. The minimum Gasteiger partial charge on any atom is -0.355 e. The fraction of sp³-hybridized carbons (Fsp3) is 0.750. The molecule has 4 heteroatoms. The molecule has 0 bridgehead atoms. The lowest BCUT2D eigenvalue weighted by Crippen LogP contribution is -2.40. The van der Waals surface area contributed by atoms with Crippen LogP contribution in [0.1, 0.15) is 50.1 Å². The minimum absolute atomic E-state index is 0.675. The van der Waals surface area contributed by atoms with E-state index in [1.165, 1.54) is 57.3 Å². The molecule has 1 saturated carbocycles. The van der Waals surface area contributed by atoms with Crippen molar-refractivity contribution in [1.29, 1.82) is 0 Å². The van der Waals surface area contributed by atoms with Crippen molar-refractivity contribution in [3.8, 4) is 0 Å². The van der Waals surface area contributed by atoms with Gasteiger partial charge in [-0.15, -0.1) is 0 Å². The molecule has 2 atom stereocenters. The van der Waals surface area contributed by atoms with Crippen LogP contribution in [0, 0.1) is 5.92 Å². The Kier molecular flexibility index (Phi) is 3.34. The fourth-order valence-corrected chi connectivity index (χ4v) is 4.21. The van der Waals surface area contributed by atoms with E-state index in [4.69, 9.17) is 0 Å². The Labute approximate surface area is 121 Å². The summed E-state index contributed by atoms with van der Waals surface area (Å²) in [5.74, 6) is 2.64. The lowest BCUT2D eigenvalue weighted by molar-refractivity contribution is 0.340. The molecule has 1 aliphatic carbocycles. The average molecular weight is 272 g/mol. The van der Waals surface area contributed by atoms with Gasteiger partial charge in [-0.25, -0.2) is 9.97 Å². The molecular formula is C16H24N4. The van der Waals surface area contributed by atoms with Gasteiger partial charge in [-0.2, -0.15) is 0 Å². The van der Waals surface area contributed by atoms with E-state index in [9.17, 15) is 0 Å². The molecule has 0 unspecified atom stereocenters. The summed E-state index contributed by atoms with van der Waals surface area (Å²) in [5.41, 5.74) is 1.27. The highest BCUT2D eigenvalue weighted by Gasteiger charge is 2.35. The van der Waals surface area contributed by atoms with Gasteiger partial charge in [0.15, 0.2) is 0 Å². The summed E-state index contributed by atoms with van der Waals surface area (Å²) in [6, 6.07) is 2.93. The molecule has 4 nitrogen and oxygen atoms in total. The molecule has 0 radical (unpaired) electrons. The third-order valence-corrected chi connectivity index (χ3v) is 5.37. The number of hydrogen-bond acceptors (Lipinski definition) is 4. The topological polar surface area (TPSA) is 41.1 Å². The lowest BCUT2D eigenvalue weighted by Gasteiger charge is -2.24. The van der Waals surface area contributed by atoms with Crippen LogP contribution in [0.2, 0.25) is 0 Å². The highest BCUT2D eigenvalue weighted by Crippen LogP contribution is 2.34. The SMILES string of the molecule is c1nc(C2CCCC2)cc(N2C[C@H]3CCCN[C@H]3C2)n1. The fourth-order valence-electron chi connectivity index (χ4n) is 4.21. The number of nitrogens with zero attached hydrogens (tertiary/aromatic N) is 3. The van der Waals surface area contributed by atoms with Crippen molar-refractivity contribution in [2.24, 2.45) is 5.92 Å². The van der Waals surface area contributed by atoms with Crippen molar-refractivity contribution in [2.75, 3.05) is 24.5 Å². The second-order valence-electron chi connectivity index (χ2n) is 6.65. The summed E-state index contributed by atoms with van der Waals surface area (Å²) >= 11 is 0. The van der Waals surface area contributed by atoms with Crippen LogP contribution in [0.15, 0.2) is 12.4 Å². The van der Waals surface area contributed by atoms with E-state index >= 15 is 0 Å². The Balaban J connectivity index is 1.52. The molecule has 4 rings (SSSR count). The molecule has 1 N–H and O–H groups in total. The Hall–Kier alpha value is -1.16. The largest absolute Gasteiger partial charge is 0.355 e. The van der Waals surface area contributed by atoms with Crippen LogP contribution in [0.4, 0.5) is 5.82 Å². The van der Waals surface area contributed by atoms with Crippen LogP contribution in [0.5, 0.6) is 0 Å². The average Bonchev–Trinajstić information content (AvgIpc) is 3.16. The van der Waals surface area contributed by atoms with Gasteiger partial charge < -0.3 is 10.2 Å². The van der Waals surface area contributed by atoms with Crippen LogP contribution in [0.25, 0.3) is 0 Å². The molecule has 3 heterocycles. The summed E-state index contributed by atoms with van der Waals surface area (Å²) in [4.78, 5) is 11.5. The quantitative estimate of drug-likeness (QED) is 0.897. The number of fused-ring (bicyclic) bond motifs is 1. The molecule has 0 aromatic carbocycles. The number of nitrogens with one attached hydrogen (secondary N) is 1. The molecule has 20 heavy (non-hydrogen) atoms. The van der Waals surface area contributed by atoms with Gasteiger partial charge in [0.25, 0.3) is 0 Å². The maximum absolute atomic E-state index is 4.54. The molecule has 0 amide bonds. The predicted octanol–water partition coefficient (Wildman–Crippen LogP) is 2.32. The molecule has 3 fully saturated rings. The second kappa shape index (κ2) is 5.32. The van der Waals surface area contributed by atoms with Crippen molar-refractivity contribution >= 4 is 5.82 Å². The Morgan fingerprint density at radius 1 is 1.05 bits per heavy atom. The number of rotatable bonds is 2. The molecule has 3 aliphatic rings. The summed E-state index contributed by atoms with van der Waals surface area (Å²) in [5, 5.41) is 3.67. The van der Waals surface area contributed by atoms with Crippen LogP contribution in [0.3, 0.4) is 0 Å². The molecule has 2 saturated heterocycles. The minimum atomic E-state index is 0.675. The molecule has 2 aliphatic heterocycles. The molecular weight excluding hydrogens is 248 g/mol. The molecule has 108 valence electrons. The Morgan fingerprint density at radius 2 is 1.95 bits per heavy atom. The van der Waals surface area contributed by atoms with Crippen LogP contribution in [-0.4, -0.2) is 35.6 Å². The van der Waals surface area contributed by atoms with Crippen molar-refractivity contribution in [3.05, 3.63) is 18.1 Å². The molecule has 1 aromatic heterocycles. The first-order chi connectivity index (χ1) is 9.90. The lowest BCUT2D eigenvalue weighted by atomic mass is 9.94. The zero-order valence-corrected chi connectivity index (χ0v) is 12.1.